The lowest BCUT2D eigenvalue weighted by Gasteiger charge is -2.34. The first-order chi connectivity index (χ1) is 8.70. The maximum absolute atomic E-state index is 6.25. The van der Waals surface area contributed by atoms with Crippen molar-refractivity contribution < 1.29 is 0 Å². The normalized spacial score (nSPS) is 17.3. The van der Waals surface area contributed by atoms with Gasteiger partial charge in [0.15, 0.2) is 0 Å². The molecule has 0 bridgehead atoms. The number of hydrogen-bond acceptors (Lipinski definition) is 2. The minimum absolute atomic E-state index is 0.669. The Morgan fingerprint density at radius 2 is 2.00 bits per heavy atom. The topological polar surface area (TPSA) is 15.3 Å². The third-order valence-corrected chi connectivity index (χ3v) is 4.21. The average Bonchev–Trinajstić information content (AvgIpc) is 2.39. The molecule has 1 aliphatic heterocycles. The van der Waals surface area contributed by atoms with Gasteiger partial charge in [-0.3, -0.25) is 4.90 Å². The van der Waals surface area contributed by atoms with Crippen LogP contribution >= 0.6 is 23.2 Å². The van der Waals surface area contributed by atoms with Crippen molar-refractivity contribution in [2.24, 2.45) is 0 Å². The second kappa shape index (κ2) is 6.76. The van der Waals surface area contributed by atoms with Crippen LogP contribution in [0.15, 0.2) is 18.2 Å². The quantitative estimate of drug-likeness (QED) is 0.910. The SMILES string of the molecule is CCN(Cc1ccc(Cl)cc1Cl)C1CCNCC1. The van der Waals surface area contributed by atoms with Crippen LogP contribution in [0, 0.1) is 0 Å². The van der Waals surface area contributed by atoms with Gasteiger partial charge in [-0.05, 0) is 50.2 Å². The van der Waals surface area contributed by atoms with Crippen molar-refractivity contribution in [1.82, 2.24) is 10.2 Å². The third-order valence-electron chi connectivity index (χ3n) is 3.62. The monoisotopic (exact) mass is 286 g/mol. The zero-order valence-electron chi connectivity index (χ0n) is 10.8. The van der Waals surface area contributed by atoms with E-state index in [9.17, 15) is 0 Å². The molecule has 0 aliphatic carbocycles. The number of rotatable bonds is 4. The summed E-state index contributed by atoms with van der Waals surface area (Å²) in [6.45, 7) is 6.43. The highest BCUT2D eigenvalue weighted by Crippen LogP contribution is 2.24. The number of halogens is 2. The van der Waals surface area contributed by atoms with Gasteiger partial charge in [-0.25, -0.2) is 0 Å². The summed E-state index contributed by atoms with van der Waals surface area (Å²) < 4.78 is 0. The standard InChI is InChI=1S/C14H20Cl2N2/c1-2-18(13-5-7-17-8-6-13)10-11-3-4-12(15)9-14(11)16/h3-4,9,13,17H,2,5-8,10H2,1H3. The van der Waals surface area contributed by atoms with Gasteiger partial charge < -0.3 is 5.32 Å². The van der Waals surface area contributed by atoms with Gasteiger partial charge in [-0.2, -0.15) is 0 Å². The van der Waals surface area contributed by atoms with Gasteiger partial charge in [0.1, 0.15) is 0 Å². The Labute approximate surface area is 119 Å². The fourth-order valence-electron chi connectivity index (χ4n) is 2.54. The molecule has 4 heteroatoms. The summed E-state index contributed by atoms with van der Waals surface area (Å²) in [5, 5.41) is 4.88. The van der Waals surface area contributed by atoms with E-state index in [1.807, 2.05) is 18.2 Å². The zero-order valence-corrected chi connectivity index (χ0v) is 12.3. The molecule has 0 aromatic heterocycles. The predicted molar refractivity (Wildman–Crippen MR) is 78.4 cm³/mol. The summed E-state index contributed by atoms with van der Waals surface area (Å²) in [6, 6.07) is 6.45. The van der Waals surface area contributed by atoms with Gasteiger partial charge in [0.2, 0.25) is 0 Å². The van der Waals surface area contributed by atoms with Crippen LogP contribution in [-0.4, -0.2) is 30.6 Å². The Kier molecular flexibility index (Phi) is 5.31. The molecule has 0 saturated carbocycles. The highest BCUT2D eigenvalue weighted by Gasteiger charge is 2.20. The fourth-order valence-corrected chi connectivity index (χ4v) is 3.01. The molecular formula is C14H20Cl2N2. The first-order valence-electron chi connectivity index (χ1n) is 6.59. The van der Waals surface area contributed by atoms with Crippen LogP contribution in [0.4, 0.5) is 0 Å². The van der Waals surface area contributed by atoms with Crippen LogP contribution < -0.4 is 5.32 Å². The van der Waals surface area contributed by atoms with Crippen molar-refractivity contribution in [3.63, 3.8) is 0 Å². The van der Waals surface area contributed by atoms with Crippen molar-refractivity contribution in [3.8, 4) is 0 Å². The summed E-state index contributed by atoms with van der Waals surface area (Å²) in [5.74, 6) is 0. The predicted octanol–water partition coefficient (Wildman–Crippen LogP) is 3.57. The molecule has 100 valence electrons. The van der Waals surface area contributed by atoms with Crippen LogP contribution in [0.5, 0.6) is 0 Å². The highest BCUT2D eigenvalue weighted by molar-refractivity contribution is 6.35. The molecule has 1 fully saturated rings. The number of hydrogen-bond donors (Lipinski definition) is 1. The summed E-state index contributed by atoms with van der Waals surface area (Å²) in [6.07, 6.45) is 2.44. The third kappa shape index (κ3) is 3.61. The van der Waals surface area contributed by atoms with Gasteiger partial charge in [-0.1, -0.05) is 36.2 Å². The lowest BCUT2D eigenvalue weighted by atomic mass is 10.0. The van der Waals surface area contributed by atoms with E-state index in [4.69, 9.17) is 23.2 Å². The molecule has 18 heavy (non-hydrogen) atoms. The molecule has 0 spiro atoms. The second-order valence-corrected chi connectivity index (χ2v) is 5.62. The van der Waals surface area contributed by atoms with Crippen molar-refractivity contribution in [2.75, 3.05) is 19.6 Å². The Morgan fingerprint density at radius 1 is 1.28 bits per heavy atom. The van der Waals surface area contributed by atoms with Gasteiger partial charge >= 0.3 is 0 Å². The van der Waals surface area contributed by atoms with E-state index in [2.05, 4.69) is 17.1 Å². The minimum atomic E-state index is 0.669. The number of nitrogens with one attached hydrogen (secondary N) is 1. The second-order valence-electron chi connectivity index (χ2n) is 4.78. The van der Waals surface area contributed by atoms with Crippen LogP contribution in [0.1, 0.15) is 25.3 Å². The lowest BCUT2D eigenvalue weighted by molar-refractivity contribution is 0.162. The number of nitrogens with zero attached hydrogens (tertiary/aromatic N) is 1. The molecule has 1 aromatic rings. The minimum Gasteiger partial charge on any atom is -0.317 e. The molecule has 2 rings (SSSR count). The summed E-state index contributed by atoms with van der Waals surface area (Å²) in [4.78, 5) is 2.51. The maximum Gasteiger partial charge on any atom is 0.0465 e. The van der Waals surface area contributed by atoms with Gasteiger partial charge in [0.25, 0.3) is 0 Å². The molecule has 0 unspecified atom stereocenters. The van der Waals surface area contributed by atoms with Gasteiger partial charge in [-0.15, -0.1) is 0 Å². The van der Waals surface area contributed by atoms with E-state index in [0.29, 0.717) is 11.1 Å². The Hall–Kier alpha value is -0.280. The zero-order chi connectivity index (χ0) is 13.0. The lowest BCUT2D eigenvalue weighted by Crippen LogP contribution is -2.42. The Bertz CT molecular complexity index is 389. The van der Waals surface area contributed by atoms with Crippen molar-refractivity contribution in [3.05, 3.63) is 33.8 Å². The van der Waals surface area contributed by atoms with Crippen molar-refractivity contribution in [2.45, 2.75) is 32.4 Å². The summed E-state index contributed by atoms with van der Waals surface area (Å²) >= 11 is 12.2. The molecule has 1 N–H and O–H groups in total. The molecule has 0 radical (unpaired) electrons. The van der Waals surface area contributed by atoms with E-state index in [-0.39, 0.29) is 0 Å². The van der Waals surface area contributed by atoms with Gasteiger partial charge in [0.05, 0.1) is 0 Å². The van der Waals surface area contributed by atoms with E-state index >= 15 is 0 Å². The van der Waals surface area contributed by atoms with E-state index in [0.717, 1.165) is 31.2 Å². The summed E-state index contributed by atoms with van der Waals surface area (Å²) in [7, 11) is 0. The molecule has 1 heterocycles. The smallest absolute Gasteiger partial charge is 0.0465 e. The molecule has 1 aliphatic rings. The molecule has 0 atom stereocenters. The van der Waals surface area contributed by atoms with Crippen molar-refractivity contribution in [1.29, 1.82) is 0 Å². The van der Waals surface area contributed by atoms with Crippen LogP contribution in [-0.2, 0) is 6.54 Å². The van der Waals surface area contributed by atoms with Crippen LogP contribution in [0.25, 0.3) is 0 Å². The van der Waals surface area contributed by atoms with E-state index < -0.39 is 0 Å². The van der Waals surface area contributed by atoms with E-state index in [1.54, 1.807) is 0 Å². The first-order valence-corrected chi connectivity index (χ1v) is 7.35. The molecule has 1 saturated heterocycles. The average molecular weight is 287 g/mol. The largest absolute Gasteiger partial charge is 0.317 e. The first kappa shape index (κ1) is 14.1. The van der Waals surface area contributed by atoms with E-state index in [1.165, 1.54) is 18.4 Å². The Balaban J connectivity index is 2.04. The number of piperidine rings is 1. The van der Waals surface area contributed by atoms with Crippen LogP contribution in [0.3, 0.4) is 0 Å². The molecule has 2 nitrogen and oxygen atoms in total. The van der Waals surface area contributed by atoms with Crippen LogP contribution in [0.2, 0.25) is 10.0 Å². The van der Waals surface area contributed by atoms with Crippen molar-refractivity contribution >= 4 is 23.2 Å². The summed E-state index contributed by atoms with van der Waals surface area (Å²) in [5.41, 5.74) is 1.17. The Morgan fingerprint density at radius 3 is 2.61 bits per heavy atom. The number of benzene rings is 1. The highest BCUT2D eigenvalue weighted by atomic mass is 35.5. The molecule has 1 aromatic carbocycles. The van der Waals surface area contributed by atoms with Gasteiger partial charge in [0, 0.05) is 22.6 Å². The molecule has 0 amide bonds. The fraction of sp³-hybridized carbons (Fsp3) is 0.571. The maximum atomic E-state index is 6.25. The molecular weight excluding hydrogens is 267 g/mol.